The Kier molecular flexibility index (Phi) is 2.62. The van der Waals surface area contributed by atoms with Crippen LogP contribution in [0.3, 0.4) is 0 Å². The molecule has 2 aromatic carbocycles. The molecule has 1 aliphatic rings. The third-order valence-corrected chi connectivity index (χ3v) is 4.22. The molecule has 0 fully saturated rings. The zero-order valence-corrected chi connectivity index (χ0v) is 10.7. The van der Waals surface area contributed by atoms with E-state index in [1.165, 1.54) is 29.5 Å². The van der Waals surface area contributed by atoms with Crippen LogP contribution in [-0.4, -0.2) is 5.11 Å². The second-order valence-electron chi connectivity index (χ2n) is 5.39. The first-order valence-corrected chi connectivity index (χ1v) is 6.58. The molecule has 2 aromatic rings. The summed E-state index contributed by atoms with van der Waals surface area (Å²) < 4.78 is 0. The van der Waals surface area contributed by atoms with Crippen molar-refractivity contribution in [3.8, 4) is 5.75 Å². The summed E-state index contributed by atoms with van der Waals surface area (Å²) >= 11 is 0. The molecule has 1 atom stereocenters. The van der Waals surface area contributed by atoms with Crippen molar-refractivity contribution in [1.29, 1.82) is 0 Å². The first-order chi connectivity index (χ1) is 8.70. The molecule has 1 unspecified atom stereocenters. The molecule has 0 bridgehead atoms. The van der Waals surface area contributed by atoms with Crippen LogP contribution >= 0.6 is 0 Å². The number of rotatable bonds is 1. The molecular formula is C17H18O. The standard InChI is InChI=1S/C17H18O/c1-17(14-7-3-2-4-8-14)11-5-6-13-12-15(18)9-10-16(13)17/h2-4,7-10,12,18H,5-6,11H2,1H3. The van der Waals surface area contributed by atoms with Gasteiger partial charge < -0.3 is 5.11 Å². The van der Waals surface area contributed by atoms with E-state index in [1.54, 1.807) is 0 Å². The maximum atomic E-state index is 9.63. The fourth-order valence-electron chi connectivity index (χ4n) is 3.20. The van der Waals surface area contributed by atoms with Gasteiger partial charge in [-0.3, -0.25) is 0 Å². The SMILES string of the molecule is CC1(c2ccccc2)CCCc2cc(O)ccc21. The number of hydrogen-bond donors (Lipinski definition) is 1. The van der Waals surface area contributed by atoms with Gasteiger partial charge in [0.2, 0.25) is 0 Å². The van der Waals surface area contributed by atoms with Crippen LogP contribution in [0, 0.1) is 0 Å². The molecule has 1 heteroatoms. The monoisotopic (exact) mass is 238 g/mol. The molecule has 0 heterocycles. The minimum Gasteiger partial charge on any atom is -0.508 e. The van der Waals surface area contributed by atoms with Gasteiger partial charge in [-0.1, -0.05) is 43.3 Å². The Balaban J connectivity index is 2.16. The summed E-state index contributed by atoms with van der Waals surface area (Å²) in [7, 11) is 0. The molecule has 18 heavy (non-hydrogen) atoms. The van der Waals surface area contributed by atoms with Crippen LogP contribution in [0.15, 0.2) is 48.5 Å². The van der Waals surface area contributed by atoms with Gasteiger partial charge in [0, 0.05) is 5.41 Å². The lowest BCUT2D eigenvalue weighted by molar-refractivity contribution is 0.452. The lowest BCUT2D eigenvalue weighted by Gasteiger charge is -2.36. The van der Waals surface area contributed by atoms with E-state index in [0.29, 0.717) is 5.75 Å². The molecule has 1 aliphatic carbocycles. The van der Waals surface area contributed by atoms with Crippen molar-refractivity contribution >= 4 is 0 Å². The van der Waals surface area contributed by atoms with Crippen molar-refractivity contribution in [2.75, 3.05) is 0 Å². The third-order valence-electron chi connectivity index (χ3n) is 4.22. The summed E-state index contributed by atoms with van der Waals surface area (Å²) in [5, 5.41) is 9.63. The van der Waals surface area contributed by atoms with Gasteiger partial charge in [-0.15, -0.1) is 0 Å². The zero-order valence-electron chi connectivity index (χ0n) is 10.7. The molecule has 92 valence electrons. The van der Waals surface area contributed by atoms with Crippen LogP contribution in [-0.2, 0) is 11.8 Å². The summed E-state index contributed by atoms with van der Waals surface area (Å²) in [6.07, 6.45) is 3.43. The van der Waals surface area contributed by atoms with E-state index in [1.807, 2.05) is 12.1 Å². The van der Waals surface area contributed by atoms with Crippen LogP contribution in [0.1, 0.15) is 36.5 Å². The van der Waals surface area contributed by atoms with E-state index in [2.05, 4.69) is 43.3 Å². The van der Waals surface area contributed by atoms with Crippen LogP contribution in [0.2, 0.25) is 0 Å². The highest BCUT2D eigenvalue weighted by atomic mass is 16.3. The summed E-state index contributed by atoms with van der Waals surface area (Å²) in [5.41, 5.74) is 4.13. The van der Waals surface area contributed by atoms with Crippen LogP contribution in [0.25, 0.3) is 0 Å². The number of phenolic OH excluding ortho intramolecular Hbond substituents is 1. The van der Waals surface area contributed by atoms with Gasteiger partial charge >= 0.3 is 0 Å². The summed E-state index contributed by atoms with van der Waals surface area (Å²) in [5.74, 6) is 0.381. The number of phenols is 1. The van der Waals surface area contributed by atoms with E-state index >= 15 is 0 Å². The van der Waals surface area contributed by atoms with Gasteiger partial charge in [0.25, 0.3) is 0 Å². The van der Waals surface area contributed by atoms with E-state index < -0.39 is 0 Å². The molecule has 0 aromatic heterocycles. The fraction of sp³-hybridized carbons (Fsp3) is 0.294. The number of aryl methyl sites for hydroxylation is 1. The number of hydrogen-bond acceptors (Lipinski definition) is 1. The second kappa shape index (κ2) is 4.16. The van der Waals surface area contributed by atoms with Gasteiger partial charge in [-0.2, -0.15) is 0 Å². The van der Waals surface area contributed by atoms with Gasteiger partial charge in [0.05, 0.1) is 0 Å². The highest BCUT2D eigenvalue weighted by molar-refractivity contribution is 5.47. The highest BCUT2D eigenvalue weighted by Crippen LogP contribution is 2.43. The Morgan fingerprint density at radius 1 is 1.06 bits per heavy atom. The van der Waals surface area contributed by atoms with Crippen molar-refractivity contribution < 1.29 is 5.11 Å². The van der Waals surface area contributed by atoms with Crippen LogP contribution in [0.4, 0.5) is 0 Å². The molecule has 0 aliphatic heterocycles. The van der Waals surface area contributed by atoms with E-state index in [4.69, 9.17) is 0 Å². The zero-order chi connectivity index (χ0) is 12.6. The number of aromatic hydroxyl groups is 1. The lowest BCUT2D eigenvalue weighted by Crippen LogP contribution is -2.28. The Morgan fingerprint density at radius 2 is 1.83 bits per heavy atom. The van der Waals surface area contributed by atoms with Crippen LogP contribution < -0.4 is 0 Å². The van der Waals surface area contributed by atoms with Gasteiger partial charge in [0.1, 0.15) is 5.75 Å². The number of benzene rings is 2. The Hall–Kier alpha value is -1.76. The smallest absolute Gasteiger partial charge is 0.115 e. The summed E-state index contributed by atoms with van der Waals surface area (Å²) in [6.45, 7) is 2.32. The van der Waals surface area contributed by atoms with Crippen molar-refractivity contribution in [2.24, 2.45) is 0 Å². The average Bonchev–Trinajstić information content (AvgIpc) is 2.40. The maximum absolute atomic E-state index is 9.63. The molecule has 0 amide bonds. The highest BCUT2D eigenvalue weighted by Gasteiger charge is 2.33. The molecule has 0 saturated heterocycles. The Labute approximate surface area is 108 Å². The van der Waals surface area contributed by atoms with Gasteiger partial charge in [-0.05, 0) is 48.1 Å². The van der Waals surface area contributed by atoms with Crippen LogP contribution in [0.5, 0.6) is 5.75 Å². The summed E-state index contributed by atoms with van der Waals surface area (Å²) in [4.78, 5) is 0. The van der Waals surface area contributed by atoms with Gasteiger partial charge in [0.15, 0.2) is 0 Å². The van der Waals surface area contributed by atoms with Crippen molar-refractivity contribution in [3.63, 3.8) is 0 Å². The quantitative estimate of drug-likeness (QED) is 0.795. The van der Waals surface area contributed by atoms with Crippen molar-refractivity contribution in [1.82, 2.24) is 0 Å². The second-order valence-corrected chi connectivity index (χ2v) is 5.39. The lowest BCUT2D eigenvalue weighted by atomic mass is 9.67. The molecule has 3 rings (SSSR count). The Bertz CT molecular complexity index is 559. The maximum Gasteiger partial charge on any atom is 0.115 e. The predicted molar refractivity (Wildman–Crippen MR) is 73.9 cm³/mol. The molecule has 1 N–H and O–H groups in total. The number of fused-ring (bicyclic) bond motifs is 1. The third kappa shape index (κ3) is 1.71. The first-order valence-electron chi connectivity index (χ1n) is 6.58. The van der Waals surface area contributed by atoms with E-state index in [9.17, 15) is 5.11 Å². The topological polar surface area (TPSA) is 20.2 Å². The molecule has 0 radical (unpaired) electrons. The predicted octanol–water partition coefficient (Wildman–Crippen LogP) is 4.03. The normalized spacial score (nSPS) is 22.5. The largest absolute Gasteiger partial charge is 0.508 e. The van der Waals surface area contributed by atoms with Gasteiger partial charge in [-0.25, -0.2) is 0 Å². The minimum absolute atomic E-state index is 0.0859. The van der Waals surface area contributed by atoms with Crippen molar-refractivity contribution in [3.05, 3.63) is 65.2 Å². The molecule has 1 nitrogen and oxygen atoms in total. The molecule has 0 saturated carbocycles. The summed E-state index contributed by atoms with van der Waals surface area (Å²) in [6, 6.07) is 16.5. The molecular weight excluding hydrogens is 220 g/mol. The minimum atomic E-state index is 0.0859. The first kappa shape index (κ1) is 11.3. The van der Waals surface area contributed by atoms with E-state index in [-0.39, 0.29) is 5.41 Å². The average molecular weight is 238 g/mol. The Morgan fingerprint density at radius 3 is 2.61 bits per heavy atom. The van der Waals surface area contributed by atoms with Crippen molar-refractivity contribution in [2.45, 2.75) is 31.6 Å². The van der Waals surface area contributed by atoms with E-state index in [0.717, 1.165) is 6.42 Å². The fourth-order valence-corrected chi connectivity index (χ4v) is 3.20. The molecule has 0 spiro atoms.